The van der Waals surface area contributed by atoms with E-state index < -0.39 is 17.5 Å². The smallest absolute Gasteiger partial charge is 0.256 e. The highest BCUT2D eigenvalue weighted by Gasteiger charge is 2.54. The number of halogens is 2. The van der Waals surface area contributed by atoms with Crippen molar-refractivity contribution in [3.63, 3.8) is 0 Å². The molecule has 2 saturated carbocycles. The van der Waals surface area contributed by atoms with E-state index in [0.717, 1.165) is 31.4 Å². The number of carbonyl (C=O) groups is 2. The van der Waals surface area contributed by atoms with Crippen molar-refractivity contribution in [3.05, 3.63) is 35.4 Å². The van der Waals surface area contributed by atoms with E-state index in [1.165, 1.54) is 18.9 Å². The van der Waals surface area contributed by atoms with E-state index in [1.807, 2.05) is 0 Å². The summed E-state index contributed by atoms with van der Waals surface area (Å²) in [6.07, 6.45) is 5.24. The van der Waals surface area contributed by atoms with Crippen molar-refractivity contribution < 1.29 is 18.4 Å². The van der Waals surface area contributed by atoms with E-state index >= 15 is 0 Å². The van der Waals surface area contributed by atoms with Crippen LogP contribution in [-0.4, -0.2) is 36.3 Å². The first-order valence-electron chi connectivity index (χ1n) is 9.00. The van der Waals surface area contributed by atoms with E-state index in [-0.39, 0.29) is 22.8 Å². The molecular weight excluding hydrogens is 326 g/mol. The highest BCUT2D eigenvalue weighted by atomic mass is 19.1. The Hall–Kier alpha value is -1.98. The van der Waals surface area contributed by atoms with Gasteiger partial charge in [0.05, 0.1) is 11.5 Å². The van der Waals surface area contributed by atoms with Crippen LogP contribution >= 0.6 is 0 Å². The Kier molecular flexibility index (Phi) is 4.01. The molecule has 6 heteroatoms. The number of hydrogen-bond acceptors (Lipinski definition) is 2. The molecule has 0 bridgehead atoms. The lowest BCUT2D eigenvalue weighted by Gasteiger charge is -2.41. The molecule has 1 N–H and O–H groups in total. The highest BCUT2D eigenvalue weighted by molar-refractivity contribution is 5.95. The lowest BCUT2D eigenvalue weighted by atomic mass is 9.62. The van der Waals surface area contributed by atoms with Crippen LogP contribution in [0.1, 0.15) is 42.5 Å². The predicted molar refractivity (Wildman–Crippen MR) is 87.8 cm³/mol. The van der Waals surface area contributed by atoms with Crippen LogP contribution in [-0.2, 0) is 4.79 Å². The lowest BCUT2D eigenvalue weighted by molar-refractivity contribution is -0.129. The fourth-order valence-electron chi connectivity index (χ4n) is 4.15. The Bertz CT molecular complexity index is 713. The maximum Gasteiger partial charge on any atom is 0.256 e. The molecule has 134 valence electrons. The van der Waals surface area contributed by atoms with Crippen molar-refractivity contribution in [2.24, 2.45) is 17.3 Å². The molecule has 1 aromatic rings. The molecule has 1 saturated heterocycles. The monoisotopic (exact) mass is 348 g/mol. The summed E-state index contributed by atoms with van der Waals surface area (Å²) in [4.78, 5) is 26.9. The second-order valence-electron chi connectivity index (χ2n) is 7.77. The zero-order valence-corrected chi connectivity index (χ0v) is 14.1. The molecule has 1 heterocycles. The quantitative estimate of drug-likeness (QED) is 0.910. The highest BCUT2D eigenvalue weighted by Crippen LogP contribution is 2.52. The summed E-state index contributed by atoms with van der Waals surface area (Å²) in [6.45, 7) is 1.50. The molecule has 4 nitrogen and oxygen atoms in total. The summed E-state index contributed by atoms with van der Waals surface area (Å²) < 4.78 is 27.0. The van der Waals surface area contributed by atoms with Crippen molar-refractivity contribution in [1.29, 1.82) is 0 Å². The van der Waals surface area contributed by atoms with Crippen LogP contribution in [0.25, 0.3) is 0 Å². The Balaban J connectivity index is 1.49. The SMILES string of the molecule is O=C(NCC1CC1)C1CN(C(=O)c2ccc(F)cc2F)CC12CCC2. The van der Waals surface area contributed by atoms with Gasteiger partial charge in [-0.2, -0.15) is 0 Å². The molecule has 0 radical (unpaired) electrons. The van der Waals surface area contributed by atoms with Crippen molar-refractivity contribution in [2.75, 3.05) is 19.6 Å². The van der Waals surface area contributed by atoms with Gasteiger partial charge in [-0.05, 0) is 43.7 Å². The first kappa shape index (κ1) is 16.5. The van der Waals surface area contributed by atoms with Crippen LogP contribution in [0.3, 0.4) is 0 Å². The number of nitrogens with zero attached hydrogens (tertiary/aromatic N) is 1. The third-order valence-corrected chi connectivity index (χ3v) is 6.02. The minimum absolute atomic E-state index is 0.0153. The molecule has 1 atom stereocenters. The lowest BCUT2D eigenvalue weighted by Crippen LogP contribution is -2.45. The van der Waals surface area contributed by atoms with Crippen LogP contribution in [0.15, 0.2) is 18.2 Å². The van der Waals surface area contributed by atoms with Crippen LogP contribution < -0.4 is 5.32 Å². The summed E-state index contributed by atoms with van der Waals surface area (Å²) in [6, 6.07) is 2.99. The van der Waals surface area contributed by atoms with Crippen molar-refractivity contribution >= 4 is 11.8 Å². The van der Waals surface area contributed by atoms with Gasteiger partial charge in [0.2, 0.25) is 5.91 Å². The molecule has 1 spiro atoms. The Morgan fingerprint density at radius 1 is 1.24 bits per heavy atom. The second-order valence-corrected chi connectivity index (χ2v) is 7.77. The number of amides is 2. The number of nitrogens with one attached hydrogen (secondary N) is 1. The third-order valence-electron chi connectivity index (χ3n) is 6.02. The second kappa shape index (κ2) is 6.07. The standard InChI is InChI=1S/C19H22F2N2O2/c20-13-4-5-14(16(21)8-13)18(25)23-10-15(19(11-23)6-1-7-19)17(24)22-9-12-2-3-12/h4-5,8,12,15H,1-3,6-7,9-11H2,(H,22,24). The molecular formula is C19H22F2N2O2. The summed E-state index contributed by atoms with van der Waals surface area (Å²) in [5.41, 5.74) is -0.297. The number of likely N-dealkylation sites (tertiary alicyclic amines) is 1. The summed E-state index contributed by atoms with van der Waals surface area (Å²) in [5, 5.41) is 3.03. The van der Waals surface area contributed by atoms with Gasteiger partial charge in [0.1, 0.15) is 11.6 Å². The van der Waals surface area contributed by atoms with Gasteiger partial charge in [-0.3, -0.25) is 9.59 Å². The average molecular weight is 348 g/mol. The Morgan fingerprint density at radius 3 is 2.60 bits per heavy atom. The fraction of sp³-hybridized carbons (Fsp3) is 0.579. The van der Waals surface area contributed by atoms with Gasteiger partial charge < -0.3 is 10.2 Å². The van der Waals surface area contributed by atoms with Gasteiger partial charge in [0, 0.05) is 31.1 Å². The van der Waals surface area contributed by atoms with Crippen molar-refractivity contribution in [1.82, 2.24) is 10.2 Å². The summed E-state index contributed by atoms with van der Waals surface area (Å²) in [5.74, 6) is -1.62. The zero-order chi connectivity index (χ0) is 17.6. The van der Waals surface area contributed by atoms with Crippen LogP contribution in [0.2, 0.25) is 0 Å². The third kappa shape index (κ3) is 3.02. The average Bonchev–Trinajstić information content (AvgIpc) is 3.27. The van der Waals surface area contributed by atoms with Crippen molar-refractivity contribution in [3.8, 4) is 0 Å². The van der Waals surface area contributed by atoms with E-state index in [9.17, 15) is 18.4 Å². The summed E-state index contributed by atoms with van der Waals surface area (Å²) >= 11 is 0. The molecule has 1 unspecified atom stereocenters. The fourth-order valence-corrected chi connectivity index (χ4v) is 4.15. The van der Waals surface area contributed by atoms with Gasteiger partial charge in [-0.15, -0.1) is 0 Å². The van der Waals surface area contributed by atoms with Crippen LogP contribution in [0.4, 0.5) is 8.78 Å². The normalized spacial score (nSPS) is 24.2. The van der Waals surface area contributed by atoms with Crippen molar-refractivity contribution in [2.45, 2.75) is 32.1 Å². The summed E-state index contributed by atoms with van der Waals surface area (Å²) in [7, 11) is 0. The minimum atomic E-state index is -0.853. The first-order valence-corrected chi connectivity index (χ1v) is 9.00. The molecule has 3 aliphatic rings. The molecule has 4 rings (SSSR count). The predicted octanol–water partition coefficient (Wildman–Crippen LogP) is 2.73. The molecule has 2 aliphatic carbocycles. The number of rotatable bonds is 4. The number of hydrogen-bond donors (Lipinski definition) is 1. The topological polar surface area (TPSA) is 49.4 Å². The van der Waals surface area contributed by atoms with Crippen LogP contribution in [0.5, 0.6) is 0 Å². The van der Waals surface area contributed by atoms with E-state index in [2.05, 4.69) is 5.32 Å². The minimum Gasteiger partial charge on any atom is -0.356 e. The zero-order valence-electron chi connectivity index (χ0n) is 14.1. The Morgan fingerprint density at radius 2 is 2.00 bits per heavy atom. The van der Waals surface area contributed by atoms with E-state index in [4.69, 9.17) is 0 Å². The molecule has 1 aromatic carbocycles. The Labute approximate surface area is 145 Å². The van der Waals surface area contributed by atoms with Gasteiger partial charge >= 0.3 is 0 Å². The van der Waals surface area contributed by atoms with Crippen LogP contribution in [0, 0.1) is 28.9 Å². The van der Waals surface area contributed by atoms with Gasteiger partial charge in [0.25, 0.3) is 5.91 Å². The van der Waals surface area contributed by atoms with Gasteiger partial charge in [0.15, 0.2) is 0 Å². The maximum absolute atomic E-state index is 13.9. The molecule has 0 aromatic heterocycles. The molecule has 1 aliphatic heterocycles. The largest absolute Gasteiger partial charge is 0.356 e. The molecule has 25 heavy (non-hydrogen) atoms. The maximum atomic E-state index is 13.9. The first-order chi connectivity index (χ1) is 12.0. The van der Waals surface area contributed by atoms with E-state index in [0.29, 0.717) is 25.6 Å². The number of carbonyl (C=O) groups excluding carboxylic acids is 2. The molecule has 2 amide bonds. The van der Waals surface area contributed by atoms with Gasteiger partial charge in [-0.25, -0.2) is 8.78 Å². The van der Waals surface area contributed by atoms with E-state index in [1.54, 1.807) is 4.90 Å². The van der Waals surface area contributed by atoms with Gasteiger partial charge in [-0.1, -0.05) is 6.42 Å². The molecule has 3 fully saturated rings. The number of benzene rings is 1.